The van der Waals surface area contributed by atoms with Crippen LogP contribution in [0.15, 0.2) is 47.8 Å². The number of likely N-dealkylation sites (tertiary alicyclic amines) is 1. The number of nitrogens with one attached hydrogen (secondary N) is 1. The summed E-state index contributed by atoms with van der Waals surface area (Å²) in [5.41, 5.74) is 1.26. The van der Waals surface area contributed by atoms with Crippen LogP contribution in [0.2, 0.25) is 0 Å². The van der Waals surface area contributed by atoms with Crippen molar-refractivity contribution >= 4 is 17.4 Å². The third-order valence-corrected chi connectivity index (χ3v) is 4.89. The van der Waals surface area contributed by atoms with Gasteiger partial charge in [-0.15, -0.1) is 11.3 Å². The maximum absolute atomic E-state index is 12.4. The summed E-state index contributed by atoms with van der Waals surface area (Å²) in [7, 11) is 0. The van der Waals surface area contributed by atoms with Crippen molar-refractivity contribution in [1.82, 2.24) is 10.2 Å². The molecule has 21 heavy (non-hydrogen) atoms. The average molecular weight is 300 g/mol. The lowest BCUT2D eigenvalue weighted by atomic mass is 10.1. The SMILES string of the molecule is O=C(NCCc1ccccc1)N1CCCC1c1cccs1. The Morgan fingerprint density at radius 3 is 2.86 bits per heavy atom. The molecule has 1 aliphatic rings. The summed E-state index contributed by atoms with van der Waals surface area (Å²) in [5, 5.41) is 5.14. The van der Waals surface area contributed by atoms with Gasteiger partial charge in [0.25, 0.3) is 0 Å². The normalized spacial score (nSPS) is 17.9. The van der Waals surface area contributed by atoms with Gasteiger partial charge in [0.05, 0.1) is 6.04 Å². The summed E-state index contributed by atoms with van der Waals surface area (Å²) in [6.45, 7) is 1.55. The van der Waals surface area contributed by atoms with Crippen LogP contribution in [0.5, 0.6) is 0 Å². The molecule has 2 aromatic rings. The van der Waals surface area contributed by atoms with Crippen molar-refractivity contribution in [3.63, 3.8) is 0 Å². The smallest absolute Gasteiger partial charge is 0.317 e. The van der Waals surface area contributed by atoms with Crippen LogP contribution in [0.25, 0.3) is 0 Å². The number of thiophene rings is 1. The summed E-state index contributed by atoms with van der Waals surface area (Å²) in [5.74, 6) is 0. The fourth-order valence-corrected chi connectivity index (χ4v) is 3.72. The van der Waals surface area contributed by atoms with Gasteiger partial charge in [-0.25, -0.2) is 4.79 Å². The molecule has 1 aromatic heterocycles. The first kappa shape index (κ1) is 14.1. The Labute approximate surface area is 129 Å². The van der Waals surface area contributed by atoms with Crippen molar-refractivity contribution in [3.8, 4) is 0 Å². The third-order valence-electron chi connectivity index (χ3n) is 3.92. The molecule has 0 saturated carbocycles. The van der Waals surface area contributed by atoms with Crippen molar-refractivity contribution in [2.24, 2.45) is 0 Å². The second-order valence-electron chi connectivity index (χ2n) is 5.33. The Balaban J connectivity index is 1.53. The molecule has 4 heteroatoms. The molecular weight excluding hydrogens is 280 g/mol. The van der Waals surface area contributed by atoms with E-state index in [-0.39, 0.29) is 12.1 Å². The summed E-state index contributed by atoms with van der Waals surface area (Å²) >= 11 is 1.74. The molecule has 0 spiro atoms. The largest absolute Gasteiger partial charge is 0.338 e. The van der Waals surface area contributed by atoms with Crippen LogP contribution >= 0.6 is 11.3 Å². The fraction of sp³-hybridized carbons (Fsp3) is 0.353. The number of amides is 2. The number of nitrogens with zero attached hydrogens (tertiary/aromatic N) is 1. The van der Waals surface area contributed by atoms with Gasteiger partial charge in [-0.3, -0.25) is 0 Å². The van der Waals surface area contributed by atoms with Gasteiger partial charge in [-0.1, -0.05) is 36.4 Å². The molecule has 110 valence electrons. The minimum atomic E-state index is 0.0711. The highest BCUT2D eigenvalue weighted by Crippen LogP contribution is 2.34. The van der Waals surface area contributed by atoms with Gasteiger partial charge >= 0.3 is 6.03 Å². The van der Waals surface area contributed by atoms with E-state index in [1.54, 1.807) is 11.3 Å². The number of hydrogen-bond donors (Lipinski definition) is 1. The first-order valence-corrected chi connectivity index (χ1v) is 8.34. The van der Waals surface area contributed by atoms with Crippen LogP contribution < -0.4 is 5.32 Å². The fourth-order valence-electron chi connectivity index (χ4n) is 2.85. The zero-order valence-corrected chi connectivity index (χ0v) is 12.8. The van der Waals surface area contributed by atoms with Gasteiger partial charge < -0.3 is 10.2 Å². The highest BCUT2D eigenvalue weighted by Gasteiger charge is 2.30. The Morgan fingerprint density at radius 2 is 2.10 bits per heavy atom. The molecule has 1 aromatic carbocycles. The summed E-state index contributed by atoms with van der Waals surface area (Å²) in [6, 6.07) is 14.8. The van der Waals surface area contributed by atoms with Crippen LogP contribution in [-0.2, 0) is 6.42 Å². The summed E-state index contributed by atoms with van der Waals surface area (Å²) < 4.78 is 0. The molecule has 3 nitrogen and oxygen atoms in total. The average Bonchev–Trinajstić information content (AvgIpc) is 3.19. The number of carbonyl (C=O) groups excluding carboxylic acids is 1. The monoisotopic (exact) mass is 300 g/mol. The summed E-state index contributed by atoms with van der Waals surface area (Å²) in [6.07, 6.45) is 3.05. The number of urea groups is 1. The predicted octanol–water partition coefficient (Wildman–Crippen LogP) is 3.84. The Hall–Kier alpha value is -1.81. The Morgan fingerprint density at radius 1 is 1.24 bits per heavy atom. The van der Waals surface area contributed by atoms with E-state index < -0.39 is 0 Å². The lowest BCUT2D eigenvalue weighted by Gasteiger charge is -2.24. The zero-order chi connectivity index (χ0) is 14.5. The molecular formula is C17H20N2OS. The number of rotatable bonds is 4. The van der Waals surface area contributed by atoms with Gasteiger partial charge in [0.2, 0.25) is 0 Å². The molecule has 1 N–H and O–H groups in total. The van der Waals surface area contributed by atoms with Crippen molar-refractivity contribution in [1.29, 1.82) is 0 Å². The standard InChI is InChI=1S/C17H20N2OS/c20-17(18-11-10-14-6-2-1-3-7-14)19-12-4-8-15(19)16-9-5-13-21-16/h1-3,5-7,9,13,15H,4,8,10-12H2,(H,18,20). The van der Waals surface area contributed by atoms with E-state index in [4.69, 9.17) is 0 Å². The van der Waals surface area contributed by atoms with Crippen LogP contribution in [0, 0.1) is 0 Å². The predicted molar refractivity (Wildman–Crippen MR) is 86.5 cm³/mol. The second kappa shape index (κ2) is 6.76. The molecule has 3 rings (SSSR count). The first-order chi connectivity index (χ1) is 10.3. The van der Waals surface area contributed by atoms with E-state index in [9.17, 15) is 4.79 Å². The Kier molecular flexibility index (Phi) is 4.55. The number of carbonyl (C=O) groups is 1. The van der Waals surface area contributed by atoms with E-state index in [2.05, 4.69) is 35.0 Å². The molecule has 1 saturated heterocycles. The van der Waals surface area contributed by atoms with Crippen molar-refractivity contribution in [2.45, 2.75) is 25.3 Å². The van der Waals surface area contributed by atoms with Gasteiger partial charge in [0.1, 0.15) is 0 Å². The van der Waals surface area contributed by atoms with Crippen LogP contribution in [0.4, 0.5) is 4.79 Å². The highest BCUT2D eigenvalue weighted by atomic mass is 32.1. The van der Waals surface area contributed by atoms with Gasteiger partial charge in [-0.2, -0.15) is 0 Å². The highest BCUT2D eigenvalue weighted by molar-refractivity contribution is 7.10. The molecule has 1 unspecified atom stereocenters. The lowest BCUT2D eigenvalue weighted by molar-refractivity contribution is 0.194. The van der Waals surface area contributed by atoms with E-state index >= 15 is 0 Å². The molecule has 0 bridgehead atoms. The van der Waals surface area contributed by atoms with Gasteiger partial charge in [0, 0.05) is 18.0 Å². The lowest BCUT2D eigenvalue weighted by Crippen LogP contribution is -2.40. The topological polar surface area (TPSA) is 32.3 Å². The molecule has 0 aliphatic carbocycles. The molecule has 2 heterocycles. The van der Waals surface area contributed by atoms with Crippen LogP contribution in [-0.4, -0.2) is 24.0 Å². The maximum Gasteiger partial charge on any atom is 0.317 e. The molecule has 1 aliphatic heterocycles. The van der Waals surface area contributed by atoms with Crippen molar-refractivity contribution < 1.29 is 4.79 Å². The van der Waals surface area contributed by atoms with Crippen molar-refractivity contribution in [2.75, 3.05) is 13.1 Å². The van der Waals surface area contributed by atoms with E-state index in [1.165, 1.54) is 10.4 Å². The third kappa shape index (κ3) is 3.45. The van der Waals surface area contributed by atoms with E-state index in [0.717, 1.165) is 25.8 Å². The number of hydrogen-bond acceptors (Lipinski definition) is 2. The molecule has 2 amide bonds. The molecule has 1 atom stereocenters. The minimum absolute atomic E-state index is 0.0711. The quantitative estimate of drug-likeness (QED) is 0.914. The second-order valence-corrected chi connectivity index (χ2v) is 6.31. The first-order valence-electron chi connectivity index (χ1n) is 7.46. The van der Waals surface area contributed by atoms with E-state index in [1.807, 2.05) is 23.1 Å². The minimum Gasteiger partial charge on any atom is -0.338 e. The van der Waals surface area contributed by atoms with Gasteiger partial charge in [-0.05, 0) is 36.3 Å². The van der Waals surface area contributed by atoms with Crippen LogP contribution in [0.3, 0.4) is 0 Å². The number of benzene rings is 1. The van der Waals surface area contributed by atoms with E-state index in [0.29, 0.717) is 6.54 Å². The van der Waals surface area contributed by atoms with Crippen molar-refractivity contribution in [3.05, 3.63) is 58.3 Å². The maximum atomic E-state index is 12.4. The van der Waals surface area contributed by atoms with Crippen LogP contribution in [0.1, 0.15) is 29.3 Å². The molecule has 0 radical (unpaired) electrons. The Bertz CT molecular complexity index is 568. The summed E-state index contributed by atoms with van der Waals surface area (Å²) in [4.78, 5) is 15.6. The van der Waals surface area contributed by atoms with Gasteiger partial charge in [0.15, 0.2) is 0 Å². The molecule has 1 fully saturated rings. The zero-order valence-electron chi connectivity index (χ0n) is 12.0.